The molecule has 0 aromatic carbocycles. The highest BCUT2D eigenvalue weighted by atomic mass is 16.5. The standard InChI is InChI=1S/C25H35N9O/c1-25(2,3)23-28-19(18-6-7-18)16-21(29-23)34-13-11-33(12-14-34)10-5-15-35-24-31-30-22(32(24)4)20-17-26-8-9-27-20/h8-9,16-18H,5-7,10-15H2,1-4H3. The topological polar surface area (TPSA) is 98.0 Å². The Labute approximate surface area is 206 Å². The molecule has 0 atom stereocenters. The summed E-state index contributed by atoms with van der Waals surface area (Å²) in [6.45, 7) is 12.2. The summed E-state index contributed by atoms with van der Waals surface area (Å²) in [4.78, 5) is 23.1. The maximum atomic E-state index is 5.89. The van der Waals surface area contributed by atoms with Crippen molar-refractivity contribution in [2.24, 2.45) is 7.05 Å². The second kappa shape index (κ2) is 9.85. The molecule has 35 heavy (non-hydrogen) atoms. The summed E-state index contributed by atoms with van der Waals surface area (Å²) in [6, 6.07) is 2.73. The van der Waals surface area contributed by atoms with Crippen molar-refractivity contribution in [1.82, 2.24) is 39.6 Å². The Balaban J connectivity index is 1.10. The molecular weight excluding hydrogens is 442 g/mol. The van der Waals surface area contributed by atoms with Crippen LogP contribution >= 0.6 is 0 Å². The van der Waals surface area contributed by atoms with Crippen molar-refractivity contribution >= 4 is 5.82 Å². The first-order chi connectivity index (χ1) is 16.9. The van der Waals surface area contributed by atoms with Crippen LogP contribution in [0.3, 0.4) is 0 Å². The van der Waals surface area contributed by atoms with Gasteiger partial charge in [-0.2, -0.15) is 0 Å². The molecule has 2 fully saturated rings. The molecule has 0 unspecified atom stereocenters. The Hall–Kier alpha value is -3.14. The molecule has 0 amide bonds. The van der Waals surface area contributed by atoms with E-state index in [2.05, 4.69) is 56.8 Å². The van der Waals surface area contributed by atoms with Crippen molar-refractivity contribution in [3.8, 4) is 17.5 Å². The van der Waals surface area contributed by atoms with E-state index in [-0.39, 0.29) is 5.41 Å². The summed E-state index contributed by atoms with van der Waals surface area (Å²) >= 11 is 0. The molecule has 1 aliphatic carbocycles. The van der Waals surface area contributed by atoms with Crippen LogP contribution in [0.15, 0.2) is 24.7 Å². The summed E-state index contributed by atoms with van der Waals surface area (Å²) in [5.41, 5.74) is 1.86. The first-order valence-electron chi connectivity index (χ1n) is 12.5. The van der Waals surface area contributed by atoms with Gasteiger partial charge in [0.05, 0.1) is 12.8 Å². The second-order valence-electron chi connectivity index (χ2n) is 10.5. The maximum absolute atomic E-state index is 5.89. The van der Waals surface area contributed by atoms with Crippen molar-refractivity contribution in [3.63, 3.8) is 0 Å². The molecule has 10 heteroatoms. The van der Waals surface area contributed by atoms with Gasteiger partial charge in [0.2, 0.25) is 0 Å². The normalized spacial score (nSPS) is 17.1. The van der Waals surface area contributed by atoms with Crippen molar-refractivity contribution < 1.29 is 4.74 Å². The van der Waals surface area contributed by atoms with Gasteiger partial charge in [-0.1, -0.05) is 25.9 Å². The number of piperazine rings is 1. The van der Waals surface area contributed by atoms with E-state index < -0.39 is 0 Å². The summed E-state index contributed by atoms with van der Waals surface area (Å²) in [5, 5.41) is 8.35. The number of ether oxygens (including phenoxy) is 1. The van der Waals surface area contributed by atoms with Crippen molar-refractivity contribution in [2.45, 2.75) is 51.4 Å². The third kappa shape index (κ3) is 5.58. The zero-order chi connectivity index (χ0) is 24.4. The van der Waals surface area contributed by atoms with Gasteiger partial charge in [0.15, 0.2) is 5.82 Å². The lowest BCUT2D eigenvalue weighted by Gasteiger charge is -2.36. The number of nitrogens with zero attached hydrogens (tertiary/aromatic N) is 9. The van der Waals surface area contributed by atoms with E-state index in [1.807, 2.05) is 11.6 Å². The van der Waals surface area contributed by atoms with E-state index in [9.17, 15) is 0 Å². The van der Waals surface area contributed by atoms with Crippen LogP contribution in [0, 0.1) is 0 Å². The van der Waals surface area contributed by atoms with Crippen LogP contribution in [0.1, 0.15) is 57.5 Å². The number of aromatic nitrogens is 7. The molecule has 0 radical (unpaired) electrons. The molecule has 1 aliphatic heterocycles. The highest BCUT2D eigenvalue weighted by Crippen LogP contribution is 2.40. The van der Waals surface area contributed by atoms with Gasteiger partial charge in [0, 0.05) is 75.3 Å². The number of anilines is 1. The second-order valence-corrected chi connectivity index (χ2v) is 10.5. The van der Waals surface area contributed by atoms with Crippen LogP contribution in [-0.2, 0) is 12.5 Å². The molecule has 2 aliphatic rings. The molecule has 0 bridgehead atoms. The highest BCUT2D eigenvalue weighted by molar-refractivity contribution is 5.47. The molecule has 1 saturated carbocycles. The predicted molar refractivity (Wildman–Crippen MR) is 134 cm³/mol. The Kier molecular flexibility index (Phi) is 6.64. The van der Waals surface area contributed by atoms with E-state index >= 15 is 0 Å². The summed E-state index contributed by atoms with van der Waals surface area (Å²) in [7, 11) is 1.88. The molecule has 4 heterocycles. The Bertz CT molecular complexity index is 1130. The lowest BCUT2D eigenvalue weighted by molar-refractivity contribution is 0.215. The quantitative estimate of drug-likeness (QED) is 0.454. The van der Waals surface area contributed by atoms with E-state index in [4.69, 9.17) is 14.7 Å². The minimum atomic E-state index is -0.0422. The minimum Gasteiger partial charge on any atom is -0.464 e. The van der Waals surface area contributed by atoms with E-state index in [1.54, 1.807) is 18.6 Å². The van der Waals surface area contributed by atoms with E-state index in [0.717, 1.165) is 50.8 Å². The molecule has 0 N–H and O–H groups in total. The van der Waals surface area contributed by atoms with Crippen molar-refractivity contribution in [1.29, 1.82) is 0 Å². The molecule has 3 aromatic heterocycles. The fraction of sp³-hybridized carbons (Fsp3) is 0.600. The predicted octanol–water partition coefficient (Wildman–Crippen LogP) is 2.83. The number of rotatable bonds is 8. The van der Waals surface area contributed by atoms with Gasteiger partial charge < -0.3 is 9.64 Å². The smallest absolute Gasteiger partial charge is 0.317 e. The maximum Gasteiger partial charge on any atom is 0.317 e. The molecule has 5 rings (SSSR count). The lowest BCUT2D eigenvalue weighted by Crippen LogP contribution is -2.47. The summed E-state index contributed by atoms with van der Waals surface area (Å²) < 4.78 is 7.71. The first kappa shape index (κ1) is 23.6. The van der Waals surface area contributed by atoms with Gasteiger partial charge in [0.25, 0.3) is 0 Å². The molecule has 0 spiro atoms. The largest absolute Gasteiger partial charge is 0.464 e. The average Bonchev–Trinajstić information content (AvgIpc) is 3.65. The van der Waals surface area contributed by atoms with Crippen LogP contribution in [0.25, 0.3) is 11.5 Å². The fourth-order valence-corrected chi connectivity index (χ4v) is 4.27. The monoisotopic (exact) mass is 477 g/mol. The third-order valence-corrected chi connectivity index (χ3v) is 6.57. The molecular formula is C25H35N9O. The number of hydrogen-bond donors (Lipinski definition) is 0. The lowest BCUT2D eigenvalue weighted by atomic mass is 9.95. The van der Waals surface area contributed by atoms with Gasteiger partial charge >= 0.3 is 6.01 Å². The molecule has 186 valence electrons. The van der Waals surface area contributed by atoms with Crippen LogP contribution < -0.4 is 9.64 Å². The number of hydrogen-bond acceptors (Lipinski definition) is 9. The van der Waals surface area contributed by atoms with E-state index in [1.165, 1.54) is 18.5 Å². The van der Waals surface area contributed by atoms with Crippen LogP contribution in [0.5, 0.6) is 6.01 Å². The van der Waals surface area contributed by atoms with E-state index in [0.29, 0.717) is 30.1 Å². The van der Waals surface area contributed by atoms with Gasteiger partial charge in [-0.25, -0.2) is 15.0 Å². The van der Waals surface area contributed by atoms with Crippen LogP contribution in [0.2, 0.25) is 0 Å². The molecule has 1 saturated heterocycles. The zero-order valence-electron chi connectivity index (χ0n) is 21.2. The Morgan fingerprint density at radius 3 is 2.51 bits per heavy atom. The van der Waals surface area contributed by atoms with Gasteiger partial charge in [-0.3, -0.25) is 14.5 Å². The third-order valence-electron chi connectivity index (χ3n) is 6.57. The zero-order valence-corrected chi connectivity index (χ0v) is 21.2. The Morgan fingerprint density at radius 2 is 1.83 bits per heavy atom. The van der Waals surface area contributed by atoms with Gasteiger partial charge in [-0.05, 0) is 19.3 Å². The fourth-order valence-electron chi connectivity index (χ4n) is 4.27. The van der Waals surface area contributed by atoms with Crippen LogP contribution in [-0.4, -0.2) is 78.9 Å². The minimum absolute atomic E-state index is 0.0422. The van der Waals surface area contributed by atoms with Crippen LogP contribution in [0.4, 0.5) is 5.82 Å². The van der Waals surface area contributed by atoms with Crippen molar-refractivity contribution in [2.75, 3.05) is 44.2 Å². The van der Waals surface area contributed by atoms with Crippen molar-refractivity contribution in [3.05, 3.63) is 36.2 Å². The first-order valence-corrected chi connectivity index (χ1v) is 12.5. The average molecular weight is 478 g/mol. The summed E-state index contributed by atoms with van der Waals surface area (Å²) in [6.07, 6.45) is 8.40. The SMILES string of the molecule is Cn1c(OCCCN2CCN(c3cc(C4CC4)nc(C(C)(C)C)n3)CC2)nnc1-c1cnccn1. The molecule has 10 nitrogen and oxygen atoms in total. The Morgan fingerprint density at radius 1 is 1.03 bits per heavy atom. The highest BCUT2D eigenvalue weighted by Gasteiger charge is 2.29. The van der Waals surface area contributed by atoms with Gasteiger partial charge in [-0.15, -0.1) is 5.10 Å². The summed E-state index contributed by atoms with van der Waals surface area (Å²) in [5.74, 6) is 3.33. The van der Waals surface area contributed by atoms with Gasteiger partial charge in [0.1, 0.15) is 17.3 Å². The molecule has 3 aromatic rings.